The number of hydrogen-bond acceptors (Lipinski definition) is 2. The van der Waals surface area contributed by atoms with Crippen LogP contribution in [0.5, 0.6) is 0 Å². The summed E-state index contributed by atoms with van der Waals surface area (Å²) in [5.74, 6) is 1.31. The molecule has 1 unspecified atom stereocenters. The molecule has 1 N–H and O–H groups in total. The van der Waals surface area contributed by atoms with E-state index >= 15 is 0 Å². The molecule has 1 aliphatic carbocycles. The van der Waals surface area contributed by atoms with Crippen molar-refractivity contribution in [2.24, 2.45) is 5.92 Å². The van der Waals surface area contributed by atoms with Gasteiger partial charge in [-0.25, -0.2) is 4.39 Å². The zero-order valence-electron chi connectivity index (χ0n) is 10.2. The van der Waals surface area contributed by atoms with Crippen molar-refractivity contribution in [3.63, 3.8) is 0 Å². The largest absolute Gasteiger partial charge is 0.459 e. The highest BCUT2D eigenvalue weighted by Gasteiger charge is 2.33. The second kappa shape index (κ2) is 4.67. The highest BCUT2D eigenvalue weighted by Crippen LogP contribution is 2.42. The smallest absolute Gasteiger partial charge is 0.141 e. The minimum atomic E-state index is -0.283. The Labute approximate surface area is 114 Å². The third-order valence-corrected chi connectivity index (χ3v) is 4.01. The van der Waals surface area contributed by atoms with Crippen LogP contribution in [0.15, 0.2) is 27.1 Å². The zero-order chi connectivity index (χ0) is 12.7. The summed E-state index contributed by atoms with van der Waals surface area (Å²) in [6.07, 6.45) is 2.49. The lowest BCUT2D eigenvalue weighted by Gasteiger charge is -2.13. The van der Waals surface area contributed by atoms with Crippen molar-refractivity contribution in [1.29, 1.82) is 0 Å². The van der Waals surface area contributed by atoms with Crippen LogP contribution >= 0.6 is 15.9 Å². The average Bonchev–Trinajstić information content (AvgIpc) is 3.09. The van der Waals surface area contributed by atoms with Gasteiger partial charge in [-0.15, -0.1) is 0 Å². The monoisotopic (exact) mass is 311 g/mol. The van der Waals surface area contributed by atoms with Gasteiger partial charge in [-0.2, -0.15) is 0 Å². The van der Waals surface area contributed by atoms with Crippen LogP contribution in [0.25, 0.3) is 11.0 Å². The molecular formula is C14H15BrFNO. The first-order valence-corrected chi connectivity index (χ1v) is 7.10. The first kappa shape index (κ1) is 12.2. The third kappa shape index (κ3) is 2.19. The van der Waals surface area contributed by atoms with Gasteiger partial charge in [0.05, 0.1) is 10.5 Å². The van der Waals surface area contributed by atoms with Crippen molar-refractivity contribution >= 4 is 26.9 Å². The van der Waals surface area contributed by atoms with Crippen molar-refractivity contribution in [2.45, 2.75) is 25.8 Å². The molecule has 2 aromatic rings. The Kier molecular flexibility index (Phi) is 3.16. The normalized spacial score (nSPS) is 17.3. The summed E-state index contributed by atoms with van der Waals surface area (Å²) in [4.78, 5) is 0. The first-order chi connectivity index (χ1) is 8.69. The molecular weight excluding hydrogens is 297 g/mol. The number of fused-ring (bicyclic) bond motifs is 1. The molecule has 0 saturated heterocycles. The van der Waals surface area contributed by atoms with E-state index in [-0.39, 0.29) is 11.9 Å². The molecule has 3 rings (SSSR count). The van der Waals surface area contributed by atoms with Gasteiger partial charge in [0.2, 0.25) is 0 Å². The Bertz CT molecular complexity index is 537. The molecule has 0 aliphatic heterocycles. The van der Waals surface area contributed by atoms with Crippen LogP contribution in [0.1, 0.15) is 31.6 Å². The van der Waals surface area contributed by atoms with Crippen molar-refractivity contribution in [1.82, 2.24) is 5.32 Å². The van der Waals surface area contributed by atoms with E-state index in [1.807, 2.05) is 6.07 Å². The van der Waals surface area contributed by atoms with Crippen molar-refractivity contribution in [3.8, 4) is 0 Å². The van der Waals surface area contributed by atoms with Crippen LogP contribution < -0.4 is 5.32 Å². The van der Waals surface area contributed by atoms with Gasteiger partial charge in [0.1, 0.15) is 17.2 Å². The summed E-state index contributed by atoms with van der Waals surface area (Å²) in [7, 11) is 0. The molecule has 4 heteroatoms. The Hall–Kier alpha value is -0.870. The number of hydrogen-bond donors (Lipinski definition) is 1. The predicted octanol–water partition coefficient (Wildman–Crippen LogP) is 4.40. The Morgan fingerprint density at radius 3 is 2.89 bits per heavy atom. The van der Waals surface area contributed by atoms with E-state index in [1.165, 1.54) is 18.9 Å². The van der Waals surface area contributed by atoms with Gasteiger partial charge in [-0.1, -0.05) is 6.92 Å². The van der Waals surface area contributed by atoms with Gasteiger partial charge in [0.15, 0.2) is 0 Å². The number of benzene rings is 1. The number of furan rings is 1. The number of rotatable bonds is 4. The van der Waals surface area contributed by atoms with Crippen LogP contribution in [-0.2, 0) is 0 Å². The summed E-state index contributed by atoms with van der Waals surface area (Å²) in [5, 5.41) is 4.40. The third-order valence-electron chi connectivity index (χ3n) is 3.40. The van der Waals surface area contributed by atoms with Crippen LogP contribution in [0.2, 0.25) is 0 Å². The average molecular weight is 312 g/mol. The lowest BCUT2D eigenvalue weighted by Crippen LogP contribution is -2.21. The van der Waals surface area contributed by atoms with Gasteiger partial charge in [0, 0.05) is 11.5 Å². The molecule has 1 heterocycles. The van der Waals surface area contributed by atoms with Gasteiger partial charge in [-0.05, 0) is 53.4 Å². The van der Waals surface area contributed by atoms with E-state index in [2.05, 4.69) is 28.2 Å². The topological polar surface area (TPSA) is 25.2 Å². The molecule has 1 atom stereocenters. The highest BCUT2D eigenvalue weighted by molar-refractivity contribution is 9.10. The quantitative estimate of drug-likeness (QED) is 0.905. The van der Waals surface area contributed by atoms with E-state index in [9.17, 15) is 4.39 Å². The SMILES string of the molecule is CCNC(c1cc2cc(Br)c(F)cc2o1)C1CC1. The standard InChI is InChI=1S/C14H15BrFNO/c1-2-17-14(8-3-4-8)13-6-9-5-10(15)11(16)7-12(9)18-13/h5-8,14,17H,2-4H2,1H3. The second-order valence-electron chi connectivity index (χ2n) is 4.83. The molecule has 18 heavy (non-hydrogen) atoms. The maximum atomic E-state index is 13.5. The van der Waals surface area contributed by atoms with E-state index in [4.69, 9.17) is 4.42 Å². The molecule has 0 radical (unpaired) electrons. The maximum absolute atomic E-state index is 13.5. The molecule has 0 bridgehead atoms. The summed E-state index contributed by atoms with van der Waals surface area (Å²) in [6.45, 7) is 3.00. The minimum Gasteiger partial charge on any atom is -0.459 e. The summed E-state index contributed by atoms with van der Waals surface area (Å²) >= 11 is 3.20. The fourth-order valence-corrected chi connectivity index (χ4v) is 2.72. The van der Waals surface area contributed by atoms with E-state index in [0.29, 0.717) is 16.0 Å². The van der Waals surface area contributed by atoms with Crippen LogP contribution in [-0.4, -0.2) is 6.54 Å². The molecule has 0 spiro atoms. The molecule has 0 amide bonds. The van der Waals surface area contributed by atoms with Crippen molar-refractivity contribution in [3.05, 3.63) is 34.2 Å². The number of halogens is 2. The van der Waals surface area contributed by atoms with E-state index in [0.717, 1.165) is 17.7 Å². The molecule has 1 aliphatic rings. The molecule has 1 saturated carbocycles. The van der Waals surface area contributed by atoms with Crippen molar-refractivity contribution in [2.75, 3.05) is 6.54 Å². The van der Waals surface area contributed by atoms with Gasteiger partial charge < -0.3 is 9.73 Å². The first-order valence-electron chi connectivity index (χ1n) is 6.31. The Morgan fingerprint density at radius 1 is 1.44 bits per heavy atom. The molecule has 1 aromatic carbocycles. The van der Waals surface area contributed by atoms with E-state index in [1.54, 1.807) is 6.07 Å². The maximum Gasteiger partial charge on any atom is 0.141 e. The Balaban J connectivity index is 2.01. The summed E-state index contributed by atoms with van der Waals surface area (Å²) < 4.78 is 19.7. The van der Waals surface area contributed by atoms with Crippen LogP contribution in [0.4, 0.5) is 4.39 Å². The molecule has 2 nitrogen and oxygen atoms in total. The van der Waals surface area contributed by atoms with Crippen LogP contribution in [0.3, 0.4) is 0 Å². The van der Waals surface area contributed by atoms with Gasteiger partial charge in [-0.3, -0.25) is 0 Å². The van der Waals surface area contributed by atoms with Gasteiger partial charge >= 0.3 is 0 Å². The zero-order valence-corrected chi connectivity index (χ0v) is 11.8. The van der Waals surface area contributed by atoms with Gasteiger partial charge in [0.25, 0.3) is 0 Å². The van der Waals surface area contributed by atoms with Crippen molar-refractivity contribution < 1.29 is 8.81 Å². The second-order valence-corrected chi connectivity index (χ2v) is 5.68. The predicted molar refractivity (Wildman–Crippen MR) is 73.0 cm³/mol. The van der Waals surface area contributed by atoms with Crippen LogP contribution in [0, 0.1) is 11.7 Å². The summed E-state index contributed by atoms with van der Waals surface area (Å²) in [6, 6.07) is 5.50. The molecule has 1 fully saturated rings. The lowest BCUT2D eigenvalue weighted by molar-refractivity contribution is 0.403. The Morgan fingerprint density at radius 2 is 2.22 bits per heavy atom. The highest BCUT2D eigenvalue weighted by atomic mass is 79.9. The molecule has 96 valence electrons. The summed E-state index contributed by atoms with van der Waals surface area (Å²) in [5.41, 5.74) is 0.620. The minimum absolute atomic E-state index is 0.268. The number of nitrogens with one attached hydrogen (secondary N) is 1. The molecule has 1 aromatic heterocycles. The van der Waals surface area contributed by atoms with E-state index < -0.39 is 0 Å². The fourth-order valence-electron chi connectivity index (χ4n) is 2.36. The fraction of sp³-hybridized carbons (Fsp3) is 0.429. The lowest BCUT2D eigenvalue weighted by atomic mass is 10.1.